The fraction of sp³-hybridized carbons (Fsp3) is 0.154. The Hall–Kier alpha value is -4.26. The van der Waals surface area contributed by atoms with Crippen LogP contribution >= 0.6 is 0 Å². The van der Waals surface area contributed by atoms with E-state index in [1.165, 1.54) is 0 Å². The molecule has 164 valence electrons. The maximum atomic E-state index is 13.1. The fourth-order valence-corrected chi connectivity index (χ4v) is 3.90. The summed E-state index contributed by atoms with van der Waals surface area (Å²) < 4.78 is 7.36. The molecular weight excluding hydrogens is 414 g/mol. The molecule has 5 aromatic rings. The van der Waals surface area contributed by atoms with Crippen molar-refractivity contribution >= 4 is 22.5 Å². The average molecular weight is 438 g/mol. The van der Waals surface area contributed by atoms with Gasteiger partial charge in [-0.2, -0.15) is 0 Å². The van der Waals surface area contributed by atoms with E-state index in [0.717, 1.165) is 45.5 Å². The van der Waals surface area contributed by atoms with Crippen molar-refractivity contribution in [1.29, 1.82) is 0 Å². The first kappa shape index (κ1) is 20.6. The van der Waals surface area contributed by atoms with Crippen molar-refractivity contribution in [2.24, 2.45) is 0 Å². The van der Waals surface area contributed by atoms with Gasteiger partial charge in [0.1, 0.15) is 5.52 Å². The number of hydrogen-bond acceptors (Lipinski definition) is 5. The number of hydrogen-bond donors (Lipinski definition) is 1. The number of amides is 1. The smallest absolute Gasteiger partial charge is 0.278 e. The van der Waals surface area contributed by atoms with E-state index >= 15 is 0 Å². The van der Waals surface area contributed by atoms with Crippen molar-refractivity contribution in [3.63, 3.8) is 0 Å². The van der Waals surface area contributed by atoms with Crippen LogP contribution in [0.1, 0.15) is 35.1 Å². The minimum atomic E-state index is -0.268. The molecular formula is C26H23N5O2. The van der Waals surface area contributed by atoms with Crippen LogP contribution in [0.2, 0.25) is 0 Å². The van der Waals surface area contributed by atoms with Crippen molar-refractivity contribution in [3.05, 3.63) is 89.7 Å². The van der Waals surface area contributed by atoms with Crippen molar-refractivity contribution < 1.29 is 9.32 Å². The summed E-state index contributed by atoms with van der Waals surface area (Å²) in [6, 6.07) is 23.3. The lowest BCUT2D eigenvalue weighted by molar-refractivity contribution is 0.102. The normalized spacial score (nSPS) is 11.1. The third-order valence-corrected chi connectivity index (χ3v) is 5.60. The molecule has 0 saturated carbocycles. The lowest BCUT2D eigenvalue weighted by Gasteiger charge is -2.09. The summed E-state index contributed by atoms with van der Waals surface area (Å²) in [6.45, 7) is 4.02. The van der Waals surface area contributed by atoms with Gasteiger partial charge >= 0.3 is 0 Å². The SMILES string of the molecule is CCCc1c(C(=O)Nc2ccccc2C)nnn1-c1ccc2noc(-c3ccccc3)c2c1. The maximum absolute atomic E-state index is 13.1. The van der Waals surface area contributed by atoms with Gasteiger partial charge in [0.15, 0.2) is 11.5 Å². The predicted molar refractivity (Wildman–Crippen MR) is 127 cm³/mol. The van der Waals surface area contributed by atoms with E-state index in [2.05, 4.69) is 27.7 Å². The van der Waals surface area contributed by atoms with Crippen LogP contribution in [0.25, 0.3) is 27.9 Å². The van der Waals surface area contributed by atoms with Crippen LogP contribution in [-0.2, 0) is 6.42 Å². The summed E-state index contributed by atoms with van der Waals surface area (Å²) in [6.07, 6.45) is 1.51. The first-order valence-corrected chi connectivity index (χ1v) is 10.9. The van der Waals surface area contributed by atoms with Crippen molar-refractivity contribution in [2.45, 2.75) is 26.7 Å². The van der Waals surface area contributed by atoms with E-state index in [1.54, 1.807) is 4.68 Å². The van der Waals surface area contributed by atoms with E-state index in [1.807, 2.05) is 79.7 Å². The Morgan fingerprint density at radius 1 is 1.03 bits per heavy atom. The Morgan fingerprint density at radius 3 is 2.61 bits per heavy atom. The molecule has 0 aliphatic rings. The highest BCUT2D eigenvalue weighted by atomic mass is 16.5. The van der Waals surface area contributed by atoms with Crippen molar-refractivity contribution in [1.82, 2.24) is 20.2 Å². The molecule has 0 atom stereocenters. The zero-order chi connectivity index (χ0) is 22.8. The highest BCUT2D eigenvalue weighted by Crippen LogP contribution is 2.30. The van der Waals surface area contributed by atoms with Crippen LogP contribution in [0.4, 0.5) is 5.69 Å². The predicted octanol–water partition coefficient (Wildman–Crippen LogP) is 5.59. The first-order chi connectivity index (χ1) is 16.2. The number of rotatable bonds is 6. The molecule has 0 fully saturated rings. The summed E-state index contributed by atoms with van der Waals surface area (Å²) in [5.41, 5.74) is 5.35. The number of carbonyl (C=O) groups excluding carboxylic acids is 1. The summed E-state index contributed by atoms with van der Waals surface area (Å²) in [5, 5.41) is 16.6. The molecule has 0 spiro atoms. The Kier molecular flexibility index (Phi) is 5.44. The Bertz CT molecular complexity index is 1440. The van der Waals surface area contributed by atoms with E-state index in [-0.39, 0.29) is 5.91 Å². The molecule has 5 rings (SSSR count). The summed E-state index contributed by atoms with van der Waals surface area (Å²) >= 11 is 0. The number of aryl methyl sites for hydroxylation is 1. The average Bonchev–Trinajstić information content (AvgIpc) is 3.45. The van der Waals surface area contributed by atoms with Crippen LogP contribution in [-0.4, -0.2) is 26.1 Å². The lowest BCUT2D eigenvalue weighted by Crippen LogP contribution is -2.16. The number of para-hydroxylation sites is 1. The molecule has 0 radical (unpaired) electrons. The number of carbonyl (C=O) groups is 1. The van der Waals surface area contributed by atoms with Gasteiger partial charge in [-0.1, -0.05) is 72.2 Å². The van der Waals surface area contributed by atoms with Gasteiger partial charge in [0.2, 0.25) is 0 Å². The van der Waals surface area contributed by atoms with Crippen molar-refractivity contribution in [3.8, 4) is 17.0 Å². The van der Waals surface area contributed by atoms with Crippen LogP contribution in [0.3, 0.4) is 0 Å². The number of fused-ring (bicyclic) bond motifs is 1. The molecule has 3 aromatic carbocycles. The molecule has 7 heteroatoms. The van der Waals surface area contributed by atoms with Gasteiger partial charge < -0.3 is 9.84 Å². The quantitative estimate of drug-likeness (QED) is 0.374. The number of aromatic nitrogens is 4. The third kappa shape index (κ3) is 3.89. The van der Waals surface area contributed by atoms with Crippen LogP contribution in [0, 0.1) is 6.92 Å². The van der Waals surface area contributed by atoms with Crippen LogP contribution in [0.15, 0.2) is 77.3 Å². The van der Waals surface area contributed by atoms with Crippen LogP contribution < -0.4 is 5.32 Å². The minimum absolute atomic E-state index is 0.268. The van der Waals surface area contributed by atoms with Crippen molar-refractivity contribution in [2.75, 3.05) is 5.32 Å². The fourth-order valence-electron chi connectivity index (χ4n) is 3.90. The van der Waals surface area contributed by atoms with Crippen LogP contribution in [0.5, 0.6) is 0 Å². The van der Waals surface area contributed by atoms with Gasteiger partial charge in [-0.05, 0) is 43.2 Å². The summed E-state index contributed by atoms with van der Waals surface area (Å²) in [5.74, 6) is 0.428. The number of nitrogens with zero attached hydrogens (tertiary/aromatic N) is 4. The molecule has 0 aliphatic heterocycles. The molecule has 2 heterocycles. The molecule has 0 unspecified atom stereocenters. The van der Waals surface area contributed by atoms with Gasteiger partial charge in [0, 0.05) is 11.3 Å². The number of nitrogens with one attached hydrogen (secondary N) is 1. The lowest BCUT2D eigenvalue weighted by atomic mass is 10.1. The Labute approximate surface area is 191 Å². The van der Waals surface area contributed by atoms with E-state index in [4.69, 9.17) is 4.52 Å². The van der Waals surface area contributed by atoms with E-state index < -0.39 is 0 Å². The topological polar surface area (TPSA) is 85.8 Å². The highest BCUT2D eigenvalue weighted by molar-refractivity contribution is 6.04. The van der Waals surface area contributed by atoms with E-state index in [9.17, 15) is 4.79 Å². The third-order valence-electron chi connectivity index (χ3n) is 5.60. The second-order valence-electron chi connectivity index (χ2n) is 7.89. The van der Waals surface area contributed by atoms with Gasteiger partial charge in [-0.15, -0.1) is 5.10 Å². The second kappa shape index (κ2) is 8.70. The molecule has 7 nitrogen and oxygen atoms in total. The molecule has 0 saturated heterocycles. The van der Waals surface area contributed by atoms with Gasteiger partial charge in [0.25, 0.3) is 5.91 Å². The zero-order valence-electron chi connectivity index (χ0n) is 18.4. The molecule has 0 aliphatic carbocycles. The number of anilines is 1. The number of benzene rings is 3. The minimum Gasteiger partial charge on any atom is -0.355 e. The van der Waals surface area contributed by atoms with Gasteiger partial charge in [0.05, 0.1) is 16.8 Å². The molecule has 0 bridgehead atoms. The second-order valence-corrected chi connectivity index (χ2v) is 7.89. The molecule has 1 N–H and O–H groups in total. The van der Waals surface area contributed by atoms with Gasteiger partial charge in [-0.25, -0.2) is 4.68 Å². The largest absolute Gasteiger partial charge is 0.355 e. The Balaban J connectivity index is 1.55. The van der Waals surface area contributed by atoms with Gasteiger partial charge in [-0.3, -0.25) is 4.79 Å². The first-order valence-electron chi connectivity index (χ1n) is 10.9. The summed E-state index contributed by atoms with van der Waals surface area (Å²) in [4.78, 5) is 13.1. The highest BCUT2D eigenvalue weighted by Gasteiger charge is 2.21. The zero-order valence-corrected chi connectivity index (χ0v) is 18.4. The standard InChI is InChI=1S/C26H23N5O2/c1-3-9-23-24(26(32)27-21-13-8-7-10-17(21)2)28-30-31(23)19-14-15-22-20(16-19)25(33-29-22)18-11-5-4-6-12-18/h4-8,10-16H,3,9H2,1-2H3,(H,27,32). The molecule has 33 heavy (non-hydrogen) atoms. The molecule has 2 aromatic heterocycles. The molecule has 1 amide bonds. The monoisotopic (exact) mass is 437 g/mol. The maximum Gasteiger partial charge on any atom is 0.278 e. The Morgan fingerprint density at radius 2 is 1.82 bits per heavy atom. The van der Waals surface area contributed by atoms with E-state index in [0.29, 0.717) is 17.9 Å². The summed E-state index contributed by atoms with van der Waals surface area (Å²) in [7, 11) is 0.